The van der Waals surface area contributed by atoms with Gasteiger partial charge in [0.1, 0.15) is 0 Å². The van der Waals surface area contributed by atoms with E-state index in [-0.39, 0.29) is 12.6 Å². The van der Waals surface area contributed by atoms with E-state index in [0.29, 0.717) is 5.56 Å². The minimum atomic E-state index is -0.826. The van der Waals surface area contributed by atoms with Crippen LogP contribution in [-0.2, 0) is 6.42 Å². The maximum atomic E-state index is 14.0. The summed E-state index contributed by atoms with van der Waals surface area (Å²) in [5.74, 6) is -1.62. The molecule has 0 saturated carbocycles. The topological polar surface area (TPSA) is 29.3 Å². The highest BCUT2D eigenvalue weighted by atomic mass is 19.2. The van der Waals surface area contributed by atoms with Crippen molar-refractivity contribution in [3.63, 3.8) is 0 Å². The van der Waals surface area contributed by atoms with E-state index >= 15 is 0 Å². The van der Waals surface area contributed by atoms with E-state index < -0.39 is 11.6 Å². The molecular weight excluding hydrogens is 258 g/mol. The van der Waals surface area contributed by atoms with Crippen LogP contribution in [0.15, 0.2) is 42.5 Å². The van der Waals surface area contributed by atoms with Crippen LogP contribution in [0.3, 0.4) is 0 Å². The first-order valence-electron chi connectivity index (χ1n) is 6.71. The van der Waals surface area contributed by atoms with Gasteiger partial charge in [0.15, 0.2) is 11.6 Å². The molecule has 0 amide bonds. The summed E-state index contributed by atoms with van der Waals surface area (Å²) in [6.45, 7) is 1.02. The highest BCUT2D eigenvalue weighted by Gasteiger charge is 2.28. The summed E-state index contributed by atoms with van der Waals surface area (Å²) in [7, 11) is 0. The van der Waals surface area contributed by atoms with Crippen LogP contribution in [0, 0.1) is 11.6 Å². The first-order valence-corrected chi connectivity index (χ1v) is 6.71. The van der Waals surface area contributed by atoms with Crippen molar-refractivity contribution in [2.24, 2.45) is 5.73 Å². The molecule has 1 aliphatic rings. The van der Waals surface area contributed by atoms with Gasteiger partial charge in [-0.25, -0.2) is 8.78 Å². The molecule has 20 heavy (non-hydrogen) atoms. The molecule has 0 radical (unpaired) electrons. The van der Waals surface area contributed by atoms with Gasteiger partial charge in [-0.1, -0.05) is 30.3 Å². The summed E-state index contributed by atoms with van der Waals surface area (Å²) in [5, 5.41) is 0. The molecule has 1 aliphatic heterocycles. The van der Waals surface area contributed by atoms with Gasteiger partial charge in [-0.05, 0) is 24.1 Å². The third kappa shape index (κ3) is 2.06. The van der Waals surface area contributed by atoms with E-state index in [1.165, 1.54) is 11.6 Å². The maximum Gasteiger partial charge on any atom is 0.164 e. The molecule has 0 bridgehead atoms. The smallest absolute Gasteiger partial charge is 0.164 e. The number of nitrogens with two attached hydrogens (primary N) is 1. The number of fused-ring (bicyclic) bond motifs is 1. The second-order valence-electron chi connectivity index (χ2n) is 4.97. The summed E-state index contributed by atoms with van der Waals surface area (Å²) in [5.41, 5.74) is 8.44. The molecule has 0 aromatic heterocycles. The monoisotopic (exact) mass is 274 g/mol. The van der Waals surface area contributed by atoms with Crippen molar-refractivity contribution in [1.82, 2.24) is 0 Å². The fraction of sp³-hybridized carbons (Fsp3) is 0.250. The molecule has 0 saturated heterocycles. The zero-order valence-electron chi connectivity index (χ0n) is 11.0. The van der Waals surface area contributed by atoms with Crippen molar-refractivity contribution in [1.29, 1.82) is 0 Å². The quantitative estimate of drug-likeness (QED) is 0.932. The molecule has 2 aromatic carbocycles. The van der Waals surface area contributed by atoms with Crippen LogP contribution in [0.4, 0.5) is 14.5 Å². The molecule has 104 valence electrons. The number of anilines is 1. The molecular formula is C16H16F2N2. The predicted octanol–water partition coefficient (Wildman–Crippen LogP) is 3.03. The van der Waals surface area contributed by atoms with Crippen LogP contribution in [0.5, 0.6) is 0 Å². The first-order chi connectivity index (χ1) is 9.72. The molecule has 0 aliphatic carbocycles. The summed E-state index contributed by atoms with van der Waals surface area (Å²) < 4.78 is 27.4. The van der Waals surface area contributed by atoms with Crippen LogP contribution >= 0.6 is 0 Å². The van der Waals surface area contributed by atoms with Gasteiger partial charge < -0.3 is 10.6 Å². The molecule has 2 nitrogen and oxygen atoms in total. The number of halogens is 2. The lowest BCUT2D eigenvalue weighted by atomic mass is 10.0. The van der Waals surface area contributed by atoms with Gasteiger partial charge in [0.2, 0.25) is 0 Å². The summed E-state index contributed by atoms with van der Waals surface area (Å²) >= 11 is 0. The largest absolute Gasteiger partial charge is 0.363 e. The molecule has 4 heteroatoms. The molecule has 0 spiro atoms. The van der Waals surface area contributed by atoms with Gasteiger partial charge in [-0.2, -0.15) is 0 Å². The average molecular weight is 274 g/mol. The second kappa shape index (κ2) is 5.21. The van der Waals surface area contributed by atoms with Crippen molar-refractivity contribution in [3.05, 3.63) is 65.2 Å². The Morgan fingerprint density at radius 2 is 1.90 bits per heavy atom. The Morgan fingerprint density at radius 3 is 2.70 bits per heavy atom. The van der Waals surface area contributed by atoms with Gasteiger partial charge in [-0.3, -0.25) is 0 Å². The number of rotatable bonds is 3. The molecule has 0 fully saturated rings. The van der Waals surface area contributed by atoms with Crippen molar-refractivity contribution in [2.45, 2.75) is 12.5 Å². The normalized spacial score (nSPS) is 15.2. The van der Waals surface area contributed by atoms with Crippen molar-refractivity contribution >= 4 is 5.69 Å². The standard InChI is InChI=1S/C16H16F2N2/c17-13-6-3-5-12(16(13)18)15(10-19)20-9-8-11-4-1-2-7-14(11)20/h1-7,15H,8-10,19H2. The number of nitrogens with zero attached hydrogens (tertiary/aromatic N) is 1. The van der Waals surface area contributed by atoms with E-state index in [1.54, 1.807) is 6.07 Å². The Bertz CT molecular complexity index is 628. The van der Waals surface area contributed by atoms with Crippen LogP contribution in [0.25, 0.3) is 0 Å². The van der Waals surface area contributed by atoms with E-state index in [4.69, 9.17) is 5.73 Å². The minimum absolute atomic E-state index is 0.245. The SMILES string of the molecule is NCC(c1cccc(F)c1F)N1CCc2ccccc21. The molecule has 1 atom stereocenters. The van der Waals surface area contributed by atoms with Crippen molar-refractivity contribution in [3.8, 4) is 0 Å². The number of para-hydroxylation sites is 1. The zero-order valence-corrected chi connectivity index (χ0v) is 11.0. The van der Waals surface area contributed by atoms with Crippen LogP contribution in [0.2, 0.25) is 0 Å². The Labute approximate surface area is 116 Å². The summed E-state index contributed by atoms with van der Waals surface area (Å²) in [6.07, 6.45) is 0.906. The van der Waals surface area contributed by atoms with Gasteiger partial charge in [0.25, 0.3) is 0 Å². The highest BCUT2D eigenvalue weighted by molar-refractivity contribution is 5.59. The number of benzene rings is 2. The molecule has 2 aromatic rings. The third-order valence-electron chi connectivity index (χ3n) is 3.86. The fourth-order valence-electron chi connectivity index (χ4n) is 2.89. The fourth-order valence-corrected chi connectivity index (χ4v) is 2.89. The maximum absolute atomic E-state index is 14.0. The number of hydrogen-bond acceptors (Lipinski definition) is 2. The Morgan fingerprint density at radius 1 is 1.10 bits per heavy atom. The van der Waals surface area contributed by atoms with Gasteiger partial charge in [-0.15, -0.1) is 0 Å². The van der Waals surface area contributed by atoms with Crippen molar-refractivity contribution in [2.75, 3.05) is 18.0 Å². The Hall–Kier alpha value is -1.94. The van der Waals surface area contributed by atoms with Crippen LogP contribution in [-0.4, -0.2) is 13.1 Å². The summed E-state index contributed by atoms with van der Waals surface area (Å²) in [4.78, 5) is 2.06. The van der Waals surface area contributed by atoms with Crippen molar-refractivity contribution < 1.29 is 8.78 Å². The van der Waals surface area contributed by atoms with E-state index in [1.807, 2.05) is 18.2 Å². The molecule has 1 heterocycles. The number of hydrogen-bond donors (Lipinski definition) is 1. The molecule has 3 rings (SSSR count). The minimum Gasteiger partial charge on any atom is -0.363 e. The Kier molecular flexibility index (Phi) is 3.40. The third-order valence-corrected chi connectivity index (χ3v) is 3.86. The van der Waals surface area contributed by atoms with E-state index in [2.05, 4.69) is 11.0 Å². The second-order valence-corrected chi connectivity index (χ2v) is 4.97. The summed E-state index contributed by atoms with van der Waals surface area (Å²) in [6, 6.07) is 11.9. The van der Waals surface area contributed by atoms with Gasteiger partial charge >= 0.3 is 0 Å². The van der Waals surface area contributed by atoms with E-state index in [9.17, 15) is 8.78 Å². The first kappa shape index (κ1) is 13.1. The van der Waals surface area contributed by atoms with Gasteiger partial charge in [0, 0.05) is 24.3 Å². The van der Waals surface area contributed by atoms with Gasteiger partial charge in [0.05, 0.1) is 6.04 Å². The van der Waals surface area contributed by atoms with E-state index in [0.717, 1.165) is 24.7 Å². The lowest BCUT2D eigenvalue weighted by Crippen LogP contribution is -2.33. The lowest BCUT2D eigenvalue weighted by Gasteiger charge is -2.30. The molecule has 1 unspecified atom stereocenters. The average Bonchev–Trinajstić information content (AvgIpc) is 2.88. The van der Waals surface area contributed by atoms with Crippen LogP contribution < -0.4 is 10.6 Å². The van der Waals surface area contributed by atoms with Crippen LogP contribution in [0.1, 0.15) is 17.2 Å². The lowest BCUT2D eigenvalue weighted by molar-refractivity contribution is 0.484. The predicted molar refractivity (Wildman–Crippen MR) is 75.6 cm³/mol. The highest BCUT2D eigenvalue weighted by Crippen LogP contribution is 2.35. The zero-order chi connectivity index (χ0) is 14.1. The molecule has 2 N–H and O–H groups in total. The Balaban J connectivity index is 2.02.